The molecule has 134 valence electrons. The first-order valence-electron chi connectivity index (χ1n) is 7.56. The highest BCUT2D eigenvalue weighted by Gasteiger charge is 2.42. The zero-order valence-electron chi connectivity index (χ0n) is 13.9. The maximum Gasteiger partial charge on any atom is 0.336 e. The normalized spacial score (nSPS) is 17.2. The summed E-state index contributed by atoms with van der Waals surface area (Å²) in [5.41, 5.74) is -3.48. The van der Waals surface area contributed by atoms with Crippen molar-refractivity contribution in [2.45, 2.75) is 64.1 Å². The Morgan fingerprint density at radius 3 is 1.78 bits per heavy atom. The maximum atomic E-state index is 11.3. The number of carbonyl (C=O) groups excluding carboxylic acids is 1. The fourth-order valence-corrected chi connectivity index (χ4v) is 1.88. The second-order valence-corrected chi connectivity index (χ2v) is 6.48. The molecule has 1 heterocycles. The van der Waals surface area contributed by atoms with E-state index in [1.165, 1.54) is 32.4 Å². The predicted octanol–water partition coefficient (Wildman–Crippen LogP) is 0.769. The Hall–Kier alpha value is -1.67. The van der Waals surface area contributed by atoms with Crippen molar-refractivity contribution in [2.75, 3.05) is 13.1 Å². The summed E-state index contributed by atoms with van der Waals surface area (Å²) >= 11 is 0. The third-order valence-electron chi connectivity index (χ3n) is 2.91. The van der Waals surface area contributed by atoms with Crippen LogP contribution in [0.4, 0.5) is 0 Å². The number of rotatable bonds is 5. The van der Waals surface area contributed by atoms with E-state index in [2.05, 4.69) is 5.32 Å². The van der Waals surface area contributed by atoms with Crippen molar-refractivity contribution < 1.29 is 34.4 Å². The van der Waals surface area contributed by atoms with Crippen molar-refractivity contribution in [2.24, 2.45) is 0 Å². The molecule has 1 aliphatic heterocycles. The third-order valence-corrected chi connectivity index (χ3v) is 2.91. The van der Waals surface area contributed by atoms with Crippen LogP contribution in [0.15, 0.2) is 0 Å². The summed E-state index contributed by atoms with van der Waals surface area (Å²) in [7, 11) is 0. The van der Waals surface area contributed by atoms with E-state index in [-0.39, 0.29) is 0 Å². The minimum atomic E-state index is -2.64. The van der Waals surface area contributed by atoms with Gasteiger partial charge in [-0.3, -0.25) is 9.59 Å². The highest BCUT2D eigenvalue weighted by molar-refractivity contribution is 5.88. The highest BCUT2D eigenvalue weighted by Crippen LogP contribution is 2.19. The summed E-state index contributed by atoms with van der Waals surface area (Å²) in [6.07, 6.45) is 2.24. The standard InChI is InChI=1S/C10H16O7.C5H11N/c1-9(2,3)17-7(13)5-10(16,8(14)15)4-6(11)12;1-2-4-6-5-3-1/h16H,4-5H2,1-3H3,(H,11,12)(H,14,15);6H,1-5H2. The Balaban J connectivity index is 0.000000664. The van der Waals surface area contributed by atoms with Crippen molar-refractivity contribution in [1.29, 1.82) is 0 Å². The van der Waals surface area contributed by atoms with E-state index in [9.17, 15) is 19.5 Å². The summed E-state index contributed by atoms with van der Waals surface area (Å²) in [6.45, 7) is 7.21. The van der Waals surface area contributed by atoms with Crippen LogP contribution in [-0.4, -0.2) is 57.5 Å². The zero-order chi connectivity index (χ0) is 18.1. The number of aliphatic hydroxyl groups is 1. The summed E-state index contributed by atoms with van der Waals surface area (Å²) in [5.74, 6) is -4.26. The second-order valence-electron chi connectivity index (χ2n) is 6.48. The summed E-state index contributed by atoms with van der Waals surface area (Å²) < 4.78 is 4.81. The first kappa shape index (κ1) is 21.3. The van der Waals surface area contributed by atoms with Crippen molar-refractivity contribution in [1.82, 2.24) is 5.32 Å². The molecule has 4 N–H and O–H groups in total. The molecule has 0 amide bonds. The van der Waals surface area contributed by atoms with Gasteiger partial charge in [-0.1, -0.05) is 6.42 Å². The molecular weight excluding hydrogens is 306 g/mol. The first-order chi connectivity index (χ1) is 10.5. The first-order valence-corrected chi connectivity index (χ1v) is 7.56. The van der Waals surface area contributed by atoms with E-state index in [1.807, 2.05) is 0 Å². The van der Waals surface area contributed by atoms with E-state index < -0.39 is 42.0 Å². The molecule has 1 unspecified atom stereocenters. The summed E-state index contributed by atoms with van der Waals surface area (Å²) in [5, 5.41) is 30.0. The van der Waals surface area contributed by atoms with Gasteiger partial charge in [0, 0.05) is 0 Å². The quantitative estimate of drug-likeness (QED) is 0.542. The largest absolute Gasteiger partial charge is 0.481 e. The van der Waals surface area contributed by atoms with Gasteiger partial charge in [-0.15, -0.1) is 0 Å². The molecule has 1 saturated heterocycles. The third kappa shape index (κ3) is 10.6. The van der Waals surface area contributed by atoms with Crippen LogP contribution in [0.1, 0.15) is 52.9 Å². The van der Waals surface area contributed by atoms with E-state index in [4.69, 9.17) is 14.9 Å². The van der Waals surface area contributed by atoms with Gasteiger partial charge in [-0.2, -0.15) is 0 Å². The number of hydrogen-bond acceptors (Lipinski definition) is 6. The number of aliphatic carboxylic acids is 2. The fraction of sp³-hybridized carbons (Fsp3) is 0.800. The number of hydrogen-bond donors (Lipinski definition) is 4. The van der Waals surface area contributed by atoms with Gasteiger partial charge in [0.15, 0.2) is 5.60 Å². The predicted molar refractivity (Wildman–Crippen MR) is 82.0 cm³/mol. The molecule has 23 heavy (non-hydrogen) atoms. The van der Waals surface area contributed by atoms with Crippen LogP contribution < -0.4 is 5.32 Å². The van der Waals surface area contributed by atoms with Crippen LogP contribution in [0.25, 0.3) is 0 Å². The molecule has 1 rings (SSSR count). The summed E-state index contributed by atoms with van der Waals surface area (Å²) in [4.78, 5) is 32.5. The lowest BCUT2D eigenvalue weighted by atomic mass is 9.96. The van der Waals surface area contributed by atoms with Crippen LogP contribution in [0, 0.1) is 0 Å². The number of carboxylic acid groups (broad SMARTS) is 2. The van der Waals surface area contributed by atoms with Gasteiger partial charge < -0.3 is 25.4 Å². The SMILES string of the molecule is C1CCNCC1.CC(C)(C)OC(=O)CC(O)(CC(=O)O)C(=O)O. The number of nitrogens with one attached hydrogen (secondary N) is 1. The zero-order valence-corrected chi connectivity index (χ0v) is 13.9. The molecule has 8 heteroatoms. The molecule has 0 aliphatic carbocycles. The van der Waals surface area contributed by atoms with Crippen LogP contribution in [0.3, 0.4) is 0 Å². The molecule has 0 saturated carbocycles. The Kier molecular flexibility index (Phi) is 8.78. The lowest BCUT2D eigenvalue weighted by Gasteiger charge is -2.24. The topological polar surface area (TPSA) is 133 Å². The van der Waals surface area contributed by atoms with Crippen LogP contribution in [0.2, 0.25) is 0 Å². The van der Waals surface area contributed by atoms with Gasteiger partial charge in [0.2, 0.25) is 0 Å². The molecule has 1 aliphatic rings. The Labute approximate surface area is 135 Å². The fourth-order valence-electron chi connectivity index (χ4n) is 1.88. The van der Waals surface area contributed by atoms with Crippen LogP contribution >= 0.6 is 0 Å². The Morgan fingerprint density at radius 2 is 1.52 bits per heavy atom. The van der Waals surface area contributed by atoms with Crippen molar-refractivity contribution in [3.8, 4) is 0 Å². The molecular formula is C15H27NO7. The average Bonchev–Trinajstić information content (AvgIpc) is 2.37. The number of piperidine rings is 1. The Morgan fingerprint density at radius 1 is 1.00 bits per heavy atom. The summed E-state index contributed by atoms with van der Waals surface area (Å²) in [6, 6.07) is 0. The van der Waals surface area contributed by atoms with Crippen molar-refractivity contribution in [3.05, 3.63) is 0 Å². The lowest BCUT2D eigenvalue weighted by molar-refractivity contribution is -0.175. The number of carboxylic acids is 2. The molecule has 0 aromatic heterocycles. The lowest BCUT2D eigenvalue weighted by Crippen LogP contribution is -2.44. The second kappa shape index (κ2) is 9.46. The minimum Gasteiger partial charge on any atom is -0.481 e. The minimum absolute atomic E-state index is 0.834. The number of esters is 1. The van der Waals surface area contributed by atoms with Crippen molar-refractivity contribution in [3.63, 3.8) is 0 Å². The van der Waals surface area contributed by atoms with Gasteiger partial charge in [0.25, 0.3) is 0 Å². The molecule has 0 radical (unpaired) electrons. The molecule has 8 nitrogen and oxygen atoms in total. The number of ether oxygens (including phenoxy) is 1. The van der Waals surface area contributed by atoms with Gasteiger partial charge >= 0.3 is 17.9 Å². The van der Waals surface area contributed by atoms with Gasteiger partial charge in [-0.25, -0.2) is 4.79 Å². The van der Waals surface area contributed by atoms with Gasteiger partial charge in [-0.05, 0) is 46.7 Å². The van der Waals surface area contributed by atoms with E-state index in [1.54, 1.807) is 20.8 Å². The van der Waals surface area contributed by atoms with Crippen LogP contribution in [0.5, 0.6) is 0 Å². The van der Waals surface area contributed by atoms with E-state index in [0.29, 0.717) is 0 Å². The monoisotopic (exact) mass is 333 g/mol. The molecule has 0 bridgehead atoms. The molecule has 0 aromatic rings. The molecule has 0 spiro atoms. The van der Waals surface area contributed by atoms with Crippen molar-refractivity contribution >= 4 is 17.9 Å². The molecule has 1 atom stereocenters. The highest BCUT2D eigenvalue weighted by atomic mass is 16.6. The number of carbonyl (C=O) groups is 3. The maximum absolute atomic E-state index is 11.3. The van der Waals surface area contributed by atoms with Gasteiger partial charge in [0.05, 0.1) is 12.8 Å². The molecule has 1 fully saturated rings. The Bertz CT molecular complexity index is 401. The van der Waals surface area contributed by atoms with E-state index in [0.717, 1.165) is 0 Å². The van der Waals surface area contributed by atoms with E-state index >= 15 is 0 Å². The van der Waals surface area contributed by atoms with Gasteiger partial charge in [0.1, 0.15) is 5.60 Å². The smallest absolute Gasteiger partial charge is 0.336 e. The average molecular weight is 333 g/mol. The molecule has 0 aromatic carbocycles. The van der Waals surface area contributed by atoms with Crippen LogP contribution in [-0.2, 0) is 19.1 Å².